The fourth-order valence-corrected chi connectivity index (χ4v) is 3.39. The van der Waals surface area contributed by atoms with Gasteiger partial charge >= 0.3 is 0 Å². The fraction of sp³-hybridized carbons (Fsp3) is 0.125. The molecular formula is C24H20ClN3O4. The van der Waals surface area contributed by atoms with Crippen LogP contribution in [0.1, 0.15) is 23.9 Å². The van der Waals surface area contributed by atoms with Gasteiger partial charge in [-0.1, -0.05) is 48.0 Å². The van der Waals surface area contributed by atoms with E-state index in [2.05, 4.69) is 9.97 Å². The fourth-order valence-electron chi connectivity index (χ4n) is 3.18. The number of halogens is 1. The normalized spacial score (nSPS) is 11.5. The van der Waals surface area contributed by atoms with Gasteiger partial charge < -0.3 is 14.5 Å². The Bertz CT molecular complexity index is 1290. The maximum absolute atomic E-state index is 11.0. The molecule has 4 aromatic rings. The van der Waals surface area contributed by atoms with E-state index in [0.29, 0.717) is 46.6 Å². The summed E-state index contributed by atoms with van der Waals surface area (Å²) in [6.07, 6.45) is 1.75. The van der Waals surface area contributed by atoms with E-state index < -0.39 is 4.92 Å². The molecule has 0 saturated carbocycles. The zero-order chi connectivity index (χ0) is 22.5. The monoisotopic (exact) mass is 449 g/mol. The van der Waals surface area contributed by atoms with Gasteiger partial charge in [0.1, 0.15) is 12.4 Å². The number of aromatic nitrogens is 2. The van der Waals surface area contributed by atoms with E-state index in [1.165, 1.54) is 12.1 Å². The number of ether oxygens (including phenoxy) is 2. The van der Waals surface area contributed by atoms with Crippen molar-refractivity contribution in [1.29, 1.82) is 0 Å². The number of aromatic amines is 1. The van der Waals surface area contributed by atoms with Crippen LogP contribution in [0.5, 0.6) is 11.5 Å². The molecule has 32 heavy (non-hydrogen) atoms. The predicted octanol–water partition coefficient (Wildman–Crippen LogP) is 6.19. The quantitative estimate of drug-likeness (QED) is 0.256. The number of fused-ring (bicyclic) bond motifs is 1. The van der Waals surface area contributed by atoms with Crippen molar-refractivity contribution in [3.63, 3.8) is 0 Å². The summed E-state index contributed by atoms with van der Waals surface area (Å²) < 4.78 is 11.7. The van der Waals surface area contributed by atoms with Crippen LogP contribution < -0.4 is 9.47 Å². The Kier molecular flexibility index (Phi) is 6.37. The number of nitrogens with one attached hydrogen (secondary N) is 1. The molecule has 7 nitrogen and oxygen atoms in total. The highest BCUT2D eigenvalue weighted by atomic mass is 35.5. The zero-order valence-corrected chi connectivity index (χ0v) is 18.0. The summed E-state index contributed by atoms with van der Waals surface area (Å²) in [7, 11) is 0. The maximum atomic E-state index is 11.0. The van der Waals surface area contributed by atoms with Crippen LogP contribution in [0.25, 0.3) is 22.1 Å². The van der Waals surface area contributed by atoms with E-state index in [1.807, 2.05) is 55.5 Å². The number of nitro groups is 1. The molecule has 0 saturated heterocycles. The number of non-ortho nitro benzene ring substituents is 1. The third-order valence-corrected chi connectivity index (χ3v) is 4.99. The third kappa shape index (κ3) is 4.90. The molecule has 162 valence electrons. The molecule has 0 unspecified atom stereocenters. The van der Waals surface area contributed by atoms with Crippen LogP contribution in [0, 0.1) is 10.1 Å². The van der Waals surface area contributed by atoms with Crippen LogP contribution in [0.15, 0.2) is 66.7 Å². The number of imidazole rings is 1. The maximum Gasteiger partial charge on any atom is 0.271 e. The molecule has 0 radical (unpaired) electrons. The molecule has 0 aliphatic rings. The molecule has 1 aromatic heterocycles. The van der Waals surface area contributed by atoms with Gasteiger partial charge in [0.25, 0.3) is 5.69 Å². The highest BCUT2D eigenvalue weighted by molar-refractivity contribution is 6.50. The Morgan fingerprint density at radius 1 is 1.09 bits per heavy atom. The molecule has 1 N–H and O–H groups in total. The molecule has 8 heteroatoms. The molecule has 0 aliphatic heterocycles. The minimum Gasteiger partial charge on any atom is -0.490 e. The van der Waals surface area contributed by atoms with Crippen molar-refractivity contribution < 1.29 is 14.4 Å². The SMILES string of the molecule is CCOc1cc(/C=C(\Cl)c2nc3ccc([N+](=O)[O-])cc3[nH]2)ccc1OCc1ccccc1. The molecule has 0 aliphatic carbocycles. The van der Waals surface area contributed by atoms with E-state index in [9.17, 15) is 10.1 Å². The molecule has 3 aromatic carbocycles. The summed E-state index contributed by atoms with van der Waals surface area (Å²) in [5.41, 5.74) is 2.99. The summed E-state index contributed by atoms with van der Waals surface area (Å²) in [4.78, 5) is 18.0. The number of nitro benzene ring substituents is 1. The van der Waals surface area contributed by atoms with Gasteiger partial charge in [0, 0.05) is 12.1 Å². The highest BCUT2D eigenvalue weighted by Crippen LogP contribution is 2.32. The molecule has 0 amide bonds. The lowest BCUT2D eigenvalue weighted by Crippen LogP contribution is -1.99. The Morgan fingerprint density at radius 3 is 2.66 bits per heavy atom. The largest absolute Gasteiger partial charge is 0.490 e. The average molecular weight is 450 g/mol. The summed E-state index contributed by atoms with van der Waals surface area (Å²) in [5.74, 6) is 1.67. The number of nitrogens with zero attached hydrogens (tertiary/aromatic N) is 2. The van der Waals surface area contributed by atoms with Gasteiger partial charge in [0.15, 0.2) is 11.5 Å². The van der Waals surface area contributed by atoms with Crippen molar-refractivity contribution in [3.05, 3.63) is 93.8 Å². The first-order chi connectivity index (χ1) is 15.5. The molecular weight excluding hydrogens is 430 g/mol. The summed E-state index contributed by atoms with van der Waals surface area (Å²) in [6.45, 7) is 2.83. The van der Waals surface area contributed by atoms with Gasteiger partial charge in [-0.3, -0.25) is 10.1 Å². The second-order valence-electron chi connectivity index (χ2n) is 6.95. The Hall–Kier alpha value is -3.84. The summed E-state index contributed by atoms with van der Waals surface area (Å²) in [6, 6.07) is 19.9. The van der Waals surface area contributed by atoms with Crippen molar-refractivity contribution in [2.45, 2.75) is 13.5 Å². The van der Waals surface area contributed by atoms with E-state index in [4.69, 9.17) is 21.1 Å². The predicted molar refractivity (Wildman–Crippen MR) is 125 cm³/mol. The minimum atomic E-state index is -0.450. The van der Waals surface area contributed by atoms with Crippen LogP contribution in [0.3, 0.4) is 0 Å². The Morgan fingerprint density at radius 2 is 1.91 bits per heavy atom. The summed E-state index contributed by atoms with van der Waals surface area (Å²) in [5, 5.41) is 11.3. The number of rotatable bonds is 8. The second kappa shape index (κ2) is 9.53. The van der Waals surface area contributed by atoms with Gasteiger partial charge in [-0.15, -0.1) is 0 Å². The molecule has 0 atom stereocenters. The third-order valence-electron chi connectivity index (χ3n) is 4.70. The first-order valence-electron chi connectivity index (χ1n) is 9.99. The van der Waals surface area contributed by atoms with Crippen LogP contribution in [0.4, 0.5) is 5.69 Å². The Labute approximate surface area is 189 Å². The van der Waals surface area contributed by atoms with Crippen molar-refractivity contribution in [3.8, 4) is 11.5 Å². The number of H-pyrrole nitrogens is 1. The minimum absolute atomic E-state index is 0.0137. The molecule has 1 heterocycles. The van der Waals surface area contributed by atoms with Crippen LogP contribution in [0.2, 0.25) is 0 Å². The molecule has 0 spiro atoms. The van der Waals surface area contributed by atoms with E-state index >= 15 is 0 Å². The lowest BCUT2D eigenvalue weighted by atomic mass is 10.2. The van der Waals surface area contributed by atoms with Gasteiger partial charge in [-0.05, 0) is 42.3 Å². The topological polar surface area (TPSA) is 90.3 Å². The van der Waals surface area contributed by atoms with Crippen molar-refractivity contribution in [2.24, 2.45) is 0 Å². The van der Waals surface area contributed by atoms with E-state index in [1.54, 1.807) is 12.1 Å². The second-order valence-corrected chi connectivity index (χ2v) is 7.36. The standard InChI is InChI=1S/C24H20ClN3O4/c1-2-31-23-13-17(8-11-22(23)32-15-16-6-4-3-5-7-16)12-19(25)24-26-20-10-9-18(28(29)30)14-21(20)27-24/h3-14H,2,15H2,1H3,(H,26,27)/b19-12-. The molecule has 4 rings (SSSR count). The first-order valence-corrected chi connectivity index (χ1v) is 10.4. The number of hydrogen-bond donors (Lipinski definition) is 1. The van der Waals surface area contributed by atoms with Crippen molar-refractivity contribution in [1.82, 2.24) is 9.97 Å². The van der Waals surface area contributed by atoms with Gasteiger partial charge in [-0.25, -0.2) is 4.98 Å². The van der Waals surface area contributed by atoms with Gasteiger partial charge in [0.05, 0.1) is 27.6 Å². The number of hydrogen-bond acceptors (Lipinski definition) is 5. The van der Waals surface area contributed by atoms with Crippen molar-refractivity contribution >= 4 is 39.4 Å². The highest BCUT2D eigenvalue weighted by Gasteiger charge is 2.12. The first kappa shape index (κ1) is 21.4. The van der Waals surface area contributed by atoms with Crippen LogP contribution in [-0.4, -0.2) is 21.5 Å². The van der Waals surface area contributed by atoms with E-state index in [-0.39, 0.29) is 5.69 Å². The lowest BCUT2D eigenvalue weighted by Gasteiger charge is -2.13. The molecule has 0 fully saturated rings. The Balaban J connectivity index is 1.57. The van der Waals surface area contributed by atoms with Crippen LogP contribution >= 0.6 is 11.6 Å². The average Bonchev–Trinajstić information content (AvgIpc) is 3.23. The van der Waals surface area contributed by atoms with Crippen LogP contribution in [-0.2, 0) is 6.61 Å². The number of benzene rings is 3. The van der Waals surface area contributed by atoms with E-state index in [0.717, 1.165) is 11.1 Å². The smallest absolute Gasteiger partial charge is 0.271 e. The lowest BCUT2D eigenvalue weighted by molar-refractivity contribution is -0.384. The van der Waals surface area contributed by atoms with Crippen molar-refractivity contribution in [2.75, 3.05) is 6.61 Å². The van der Waals surface area contributed by atoms with Gasteiger partial charge in [0.2, 0.25) is 0 Å². The van der Waals surface area contributed by atoms with Gasteiger partial charge in [-0.2, -0.15) is 0 Å². The summed E-state index contributed by atoms with van der Waals surface area (Å²) >= 11 is 6.49. The molecule has 0 bridgehead atoms. The zero-order valence-electron chi connectivity index (χ0n) is 17.2.